The first-order valence-electron chi connectivity index (χ1n) is 6.73. The normalized spacial score (nSPS) is 19.1. The van der Waals surface area contributed by atoms with Crippen molar-refractivity contribution in [2.24, 2.45) is 5.73 Å². The SMILES string of the molecule is CN1c2c(cccc2C(C)(C)C)NC(=O)C1CCN. The zero-order valence-corrected chi connectivity index (χ0v) is 12.2. The van der Waals surface area contributed by atoms with Crippen LogP contribution in [0.25, 0.3) is 0 Å². The van der Waals surface area contributed by atoms with Crippen LogP contribution in [0, 0.1) is 0 Å². The van der Waals surface area contributed by atoms with Gasteiger partial charge in [-0.3, -0.25) is 4.79 Å². The van der Waals surface area contributed by atoms with Gasteiger partial charge >= 0.3 is 0 Å². The number of fused-ring (bicyclic) bond motifs is 1. The lowest BCUT2D eigenvalue weighted by atomic mass is 9.84. The van der Waals surface area contributed by atoms with Crippen molar-refractivity contribution in [2.75, 3.05) is 23.8 Å². The van der Waals surface area contributed by atoms with Crippen molar-refractivity contribution >= 4 is 17.3 Å². The van der Waals surface area contributed by atoms with E-state index in [9.17, 15) is 4.79 Å². The molecule has 1 aromatic rings. The van der Waals surface area contributed by atoms with E-state index in [0.29, 0.717) is 13.0 Å². The minimum absolute atomic E-state index is 0.0338. The zero-order chi connectivity index (χ0) is 14.2. The first-order valence-corrected chi connectivity index (χ1v) is 6.73. The highest BCUT2D eigenvalue weighted by Crippen LogP contribution is 2.40. The fraction of sp³-hybridized carbons (Fsp3) is 0.533. The molecule has 4 nitrogen and oxygen atoms in total. The van der Waals surface area contributed by atoms with E-state index >= 15 is 0 Å². The van der Waals surface area contributed by atoms with Crippen LogP contribution in [-0.4, -0.2) is 25.5 Å². The van der Waals surface area contributed by atoms with E-state index in [1.807, 2.05) is 19.2 Å². The van der Waals surface area contributed by atoms with E-state index < -0.39 is 0 Å². The number of hydrogen-bond acceptors (Lipinski definition) is 3. The molecule has 0 aromatic heterocycles. The Bertz CT molecular complexity index is 491. The van der Waals surface area contributed by atoms with Gasteiger partial charge in [0.1, 0.15) is 6.04 Å². The molecule has 1 atom stereocenters. The fourth-order valence-corrected chi connectivity index (χ4v) is 2.66. The van der Waals surface area contributed by atoms with Crippen LogP contribution in [0.15, 0.2) is 18.2 Å². The Morgan fingerprint density at radius 2 is 2.05 bits per heavy atom. The number of carbonyl (C=O) groups excluding carboxylic acids is 1. The number of rotatable bonds is 2. The molecule has 2 rings (SSSR count). The number of carbonyl (C=O) groups is 1. The van der Waals surface area contributed by atoms with Crippen LogP contribution in [0.2, 0.25) is 0 Å². The molecule has 1 aliphatic heterocycles. The van der Waals surface area contributed by atoms with Crippen molar-refractivity contribution in [3.05, 3.63) is 23.8 Å². The molecular formula is C15H23N3O. The van der Waals surface area contributed by atoms with E-state index in [1.54, 1.807) is 0 Å². The molecule has 4 heteroatoms. The van der Waals surface area contributed by atoms with Gasteiger partial charge in [-0.1, -0.05) is 32.9 Å². The predicted molar refractivity (Wildman–Crippen MR) is 79.6 cm³/mol. The number of hydrogen-bond donors (Lipinski definition) is 2. The predicted octanol–water partition coefficient (Wildman–Crippen LogP) is 2.09. The molecule has 0 aliphatic carbocycles. The third-order valence-corrected chi connectivity index (χ3v) is 3.66. The second kappa shape index (κ2) is 4.85. The van der Waals surface area contributed by atoms with Crippen molar-refractivity contribution in [3.8, 4) is 0 Å². The first kappa shape index (κ1) is 13.9. The largest absolute Gasteiger partial charge is 0.361 e. The Hall–Kier alpha value is -1.55. The summed E-state index contributed by atoms with van der Waals surface area (Å²) in [6.45, 7) is 7.07. The van der Waals surface area contributed by atoms with Gasteiger partial charge in [0.05, 0.1) is 11.4 Å². The van der Waals surface area contributed by atoms with Crippen LogP contribution in [0.4, 0.5) is 11.4 Å². The molecule has 0 fully saturated rings. The number of nitrogens with one attached hydrogen (secondary N) is 1. The molecule has 1 aliphatic rings. The fourth-order valence-electron chi connectivity index (χ4n) is 2.66. The number of nitrogens with two attached hydrogens (primary N) is 1. The highest BCUT2D eigenvalue weighted by atomic mass is 16.2. The number of amides is 1. The lowest BCUT2D eigenvalue weighted by molar-refractivity contribution is -0.117. The minimum atomic E-state index is -0.180. The number of para-hydroxylation sites is 1. The van der Waals surface area contributed by atoms with Crippen LogP contribution in [-0.2, 0) is 10.2 Å². The summed E-state index contributed by atoms with van der Waals surface area (Å²) in [5, 5.41) is 3.00. The third kappa shape index (κ3) is 2.45. The van der Waals surface area contributed by atoms with E-state index in [1.165, 1.54) is 5.56 Å². The van der Waals surface area contributed by atoms with Crippen LogP contribution >= 0.6 is 0 Å². The first-order chi connectivity index (χ1) is 8.86. The van der Waals surface area contributed by atoms with E-state index in [4.69, 9.17) is 5.73 Å². The quantitative estimate of drug-likeness (QED) is 0.857. The van der Waals surface area contributed by atoms with E-state index in [2.05, 4.69) is 37.1 Å². The third-order valence-electron chi connectivity index (χ3n) is 3.66. The Morgan fingerprint density at radius 3 is 2.63 bits per heavy atom. The van der Waals surface area contributed by atoms with Gasteiger partial charge in [-0.25, -0.2) is 0 Å². The maximum absolute atomic E-state index is 12.1. The van der Waals surface area contributed by atoms with Crippen LogP contribution in [0.3, 0.4) is 0 Å². The molecule has 1 heterocycles. The maximum atomic E-state index is 12.1. The molecule has 19 heavy (non-hydrogen) atoms. The Labute approximate surface area is 115 Å². The summed E-state index contributed by atoms with van der Waals surface area (Å²) >= 11 is 0. The summed E-state index contributed by atoms with van der Waals surface area (Å²) in [5.41, 5.74) is 8.92. The summed E-state index contributed by atoms with van der Waals surface area (Å²) in [4.78, 5) is 14.2. The molecule has 0 radical (unpaired) electrons. The summed E-state index contributed by atoms with van der Waals surface area (Å²) in [7, 11) is 1.98. The van der Waals surface area contributed by atoms with E-state index in [-0.39, 0.29) is 17.4 Å². The molecule has 0 saturated carbocycles. The van der Waals surface area contributed by atoms with Gasteiger partial charge in [0.25, 0.3) is 0 Å². The number of anilines is 2. The highest BCUT2D eigenvalue weighted by molar-refractivity contribution is 6.04. The average molecular weight is 261 g/mol. The van der Waals surface area contributed by atoms with Gasteiger partial charge in [0.15, 0.2) is 0 Å². The summed E-state index contributed by atoms with van der Waals surface area (Å²) < 4.78 is 0. The summed E-state index contributed by atoms with van der Waals surface area (Å²) in [6, 6.07) is 5.90. The van der Waals surface area contributed by atoms with Gasteiger partial charge in [0.2, 0.25) is 5.91 Å². The molecule has 0 spiro atoms. The van der Waals surface area contributed by atoms with Gasteiger partial charge in [0, 0.05) is 7.05 Å². The van der Waals surface area contributed by atoms with Gasteiger partial charge in [-0.15, -0.1) is 0 Å². The lowest BCUT2D eigenvalue weighted by Gasteiger charge is -2.39. The summed E-state index contributed by atoms with van der Waals surface area (Å²) in [6.07, 6.45) is 0.667. The number of nitrogens with zero attached hydrogens (tertiary/aromatic N) is 1. The smallest absolute Gasteiger partial charge is 0.247 e. The van der Waals surface area contributed by atoms with E-state index in [0.717, 1.165) is 11.4 Å². The van der Waals surface area contributed by atoms with Crippen LogP contribution in [0.5, 0.6) is 0 Å². The Kier molecular flexibility index (Phi) is 3.54. The van der Waals surface area contributed by atoms with Crippen molar-refractivity contribution in [2.45, 2.75) is 38.6 Å². The molecule has 3 N–H and O–H groups in total. The molecule has 104 valence electrons. The highest BCUT2D eigenvalue weighted by Gasteiger charge is 2.33. The maximum Gasteiger partial charge on any atom is 0.247 e. The topological polar surface area (TPSA) is 58.4 Å². The number of likely N-dealkylation sites (N-methyl/N-ethyl adjacent to an activating group) is 1. The molecule has 1 amide bonds. The van der Waals surface area contributed by atoms with Crippen molar-refractivity contribution in [1.82, 2.24) is 0 Å². The van der Waals surface area contributed by atoms with Gasteiger partial charge < -0.3 is 16.0 Å². The average Bonchev–Trinajstić information content (AvgIpc) is 2.32. The van der Waals surface area contributed by atoms with Gasteiger partial charge in [-0.2, -0.15) is 0 Å². The Balaban J connectivity index is 2.53. The van der Waals surface area contributed by atoms with Crippen molar-refractivity contribution in [3.63, 3.8) is 0 Å². The second-order valence-electron chi connectivity index (χ2n) is 6.15. The van der Waals surface area contributed by atoms with Crippen LogP contribution < -0.4 is 16.0 Å². The summed E-state index contributed by atoms with van der Waals surface area (Å²) in [5.74, 6) is 0.0338. The van der Waals surface area contributed by atoms with Crippen molar-refractivity contribution < 1.29 is 4.79 Å². The van der Waals surface area contributed by atoms with Gasteiger partial charge in [-0.05, 0) is 30.0 Å². The Morgan fingerprint density at radius 1 is 1.37 bits per heavy atom. The monoisotopic (exact) mass is 261 g/mol. The number of benzene rings is 1. The molecular weight excluding hydrogens is 238 g/mol. The standard InChI is InChI=1S/C15H23N3O/c1-15(2,3)10-6-5-7-11-13(10)18(4)12(8-9-16)14(19)17-11/h5-7,12H,8-9,16H2,1-4H3,(H,17,19). The lowest BCUT2D eigenvalue weighted by Crippen LogP contribution is -2.47. The zero-order valence-electron chi connectivity index (χ0n) is 12.2. The molecule has 1 unspecified atom stereocenters. The second-order valence-corrected chi connectivity index (χ2v) is 6.15. The molecule has 1 aromatic carbocycles. The molecule has 0 bridgehead atoms. The minimum Gasteiger partial charge on any atom is -0.361 e. The molecule has 0 saturated heterocycles. The van der Waals surface area contributed by atoms with Crippen molar-refractivity contribution in [1.29, 1.82) is 0 Å². The van der Waals surface area contributed by atoms with Crippen LogP contribution in [0.1, 0.15) is 32.8 Å².